The van der Waals surface area contributed by atoms with Gasteiger partial charge in [-0.1, -0.05) is 12.1 Å². The van der Waals surface area contributed by atoms with Gasteiger partial charge in [0.05, 0.1) is 42.5 Å². The van der Waals surface area contributed by atoms with Gasteiger partial charge in [-0.3, -0.25) is 19.7 Å². The van der Waals surface area contributed by atoms with Crippen LogP contribution in [0.5, 0.6) is 5.75 Å². The Labute approximate surface area is 166 Å². The first-order chi connectivity index (χ1) is 13.9. The Kier molecular flexibility index (Phi) is 5.68. The SMILES string of the molecule is COC(=O)CC1=NN(c2ccc([N+](=O)[O-])cc2)C(=O)C1=Cc1ccc(OC)cc1. The van der Waals surface area contributed by atoms with Gasteiger partial charge in [-0.25, -0.2) is 0 Å². The third-order valence-corrected chi connectivity index (χ3v) is 4.23. The van der Waals surface area contributed by atoms with Crippen molar-refractivity contribution in [1.82, 2.24) is 0 Å². The number of hydrogen-bond donors (Lipinski definition) is 0. The van der Waals surface area contributed by atoms with E-state index in [1.165, 1.54) is 31.4 Å². The molecule has 0 saturated carbocycles. The molecule has 3 rings (SSSR count). The van der Waals surface area contributed by atoms with Crippen LogP contribution in [0.25, 0.3) is 6.08 Å². The molecule has 1 aliphatic rings. The fraction of sp³-hybridized carbons (Fsp3) is 0.150. The predicted molar refractivity (Wildman–Crippen MR) is 106 cm³/mol. The maximum Gasteiger partial charge on any atom is 0.311 e. The highest BCUT2D eigenvalue weighted by Gasteiger charge is 2.32. The molecule has 0 radical (unpaired) electrons. The number of non-ortho nitro benzene ring substituents is 1. The molecule has 29 heavy (non-hydrogen) atoms. The zero-order valence-electron chi connectivity index (χ0n) is 15.7. The largest absolute Gasteiger partial charge is 0.497 e. The highest BCUT2D eigenvalue weighted by Crippen LogP contribution is 2.28. The molecule has 0 spiro atoms. The summed E-state index contributed by atoms with van der Waals surface area (Å²) in [6, 6.07) is 12.4. The molecule has 2 aromatic rings. The number of hydrazone groups is 1. The van der Waals surface area contributed by atoms with Gasteiger partial charge in [0.1, 0.15) is 5.75 Å². The number of nitro benzene ring substituents is 1. The number of carbonyl (C=O) groups is 2. The fourth-order valence-electron chi connectivity index (χ4n) is 2.70. The quantitative estimate of drug-likeness (QED) is 0.322. The summed E-state index contributed by atoms with van der Waals surface area (Å²) in [5.41, 5.74) is 1.45. The number of rotatable bonds is 6. The van der Waals surface area contributed by atoms with Gasteiger partial charge in [-0.15, -0.1) is 0 Å². The molecule has 0 fully saturated rings. The van der Waals surface area contributed by atoms with E-state index in [9.17, 15) is 19.7 Å². The minimum Gasteiger partial charge on any atom is -0.497 e. The monoisotopic (exact) mass is 395 g/mol. The van der Waals surface area contributed by atoms with Gasteiger partial charge in [0.15, 0.2) is 0 Å². The molecule has 9 heteroatoms. The Hall–Kier alpha value is -4.01. The molecule has 9 nitrogen and oxygen atoms in total. The first-order valence-corrected chi connectivity index (χ1v) is 8.52. The van der Waals surface area contributed by atoms with E-state index in [1.54, 1.807) is 37.5 Å². The van der Waals surface area contributed by atoms with Crippen LogP contribution in [-0.2, 0) is 14.3 Å². The lowest BCUT2D eigenvalue weighted by atomic mass is 10.0. The van der Waals surface area contributed by atoms with Crippen LogP contribution in [0.4, 0.5) is 11.4 Å². The third-order valence-electron chi connectivity index (χ3n) is 4.23. The first kappa shape index (κ1) is 19.7. The normalized spacial score (nSPS) is 14.7. The predicted octanol–water partition coefficient (Wildman–Crippen LogP) is 2.95. The van der Waals surface area contributed by atoms with E-state index in [2.05, 4.69) is 5.10 Å². The Balaban J connectivity index is 1.97. The van der Waals surface area contributed by atoms with E-state index in [1.807, 2.05) is 0 Å². The van der Waals surface area contributed by atoms with E-state index in [4.69, 9.17) is 9.47 Å². The van der Waals surface area contributed by atoms with Gasteiger partial charge >= 0.3 is 5.97 Å². The molecule has 1 aliphatic heterocycles. The topological polar surface area (TPSA) is 111 Å². The molecular weight excluding hydrogens is 378 g/mol. The summed E-state index contributed by atoms with van der Waals surface area (Å²) in [6.07, 6.45) is 1.43. The Morgan fingerprint density at radius 1 is 1.14 bits per heavy atom. The van der Waals surface area contributed by atoms with Crippen molar-refractivity contribution < 1.29 is 24.0 Å². The van der Waals surface area contributed by atoms with Crippen molar-refractivity contribution in [3.8, 4) is 5.75 Å². The molecule has 2 aromatic carbocycles. The molecule has 0 unspecified atom stereocenters. The molecular formula is C20H17N3O6. The Morgan fingerprint density at radius 3 is 2.34 bits per heavy atom. The van der Waals surface area contributed by atoms with Gasteiger partial charge in [0, 0.05) is 12.1 Å². The van der Waals surface area contributed by atoms with Crippen molar-refractivity contribution in [3.63, 3.8) is 0 Å². The van der Waals surface area contributed by atoms with Gasteiger partial charge in [-0.05, 0) is 35.9 Å². The van der Waals surface area contributed by atoms with E-state index >= 15 is 0 Å². The number of nitrogens with zero attached hydrogens (tertiary/aromatic N) is 3. The second-order valence-electron chi connectivity index (χ2n) is 6.02. The smallest absolute Gasteiger partial charge is 0.311 e. The Morgan fingerprint density at radius 2 is 1.79 bits per heavy atom. The fourth-order valence-corrected chi connectivity index (χ4v) is 2.70. The summed E-state index contributed by atoms with van der Waals surface area (Å²) >= 11 is 0. The van der Waals surface area contributed by atoms with Gasteiger partial charge in [0.25, 0.3) is 11.6 Å². The van der Waals surface area contributed by atoms with Gasteiger partial charge in [-0.2, -0.15) is 10.1 Å². The van der Waals surface area contributed by atoms with Crippen LogP contribution < -0.4 is 9.75 Å². The molecule has 0 atom stereocenters. The molecule has 0 bridgehead atoms. The number of hydrogen-bond acceptors (Lipinski definition) is 7. The van der Waals surface area contributed by atoms with Crippen LogP contribution in [0, 0.1) is 10.1 Å². The summed E-state index contributed by atoms with van der Waals surface area (Å²) in [6.45, 7) is 0. The van der Waals surface area contributed by atoms with Crippen molar-refractivity contribution in [2.75, 3.05) is 19.2 Å². The van der Waals surface area contributed by atoms with Crippen LogP contribution in [0.1, 0.15) is 12.0 Å². The third kappa shape index (κ3) is 4.29. The van der Waals surface area contributed by atoms with Crippen LogP contribution >= 0.6 is 0 Å². The Bertz CT molecular complexity index is 1010. The molecule has 0 aromatic heterocycles. The van der Waals surface area contributed by atoms with E-state index in [-0.39, 0.29) is 23.4 Å². The number of methoxy groups -OCH3 is 2. The molecule has 0 aliphatic carbocycles. The first-order valence-electron chi connectivity index (χ1n) is 8.52. The van der Waals surface area contributed by atoms with Crippen molar-refractivity contribution in [2.45, 2.75) is 6.42 Å². The number of amides is 1. The maximum atomic E-state index is 13.0. The lowest BCUT2D eigenvalue weighted by Crippen LogP contribution is -2.21. The molecule has 0 N–H and O–H groups in total. The number of anilines is 1. The summed E-state index contributed by atoms with van der Waals surface area (Å²) in [5, 5.41) is 16.2. The zero-order chi connectivity index (χ0) is 21.0. The molecule has 148 valence electrons. The van der Waals surface area contributed by atoms with E-state index in [0.717, 1.165) is 10.6 Å². The van der Waals surface area contributed by atoms with Crippen LogP contribution in [0.2, 0.25) is 0 Å². The number of nitro groups is 1. The van der Waals surface area contributed by atoms with Crippen molar-refractivity contribution >= 4 is 35.0 Å². The number of benzene rings is 2. The summed E-state index contributed by atoms with van der Waals surface area (Å²) in [5.74, 6) is -0.322. The standard InChI is InChI=1S/C20H17N3O6/c1-28-16-9-3-13(4-10-16)11-17-18(12-19(24)29-2)21-22(20(17)25)14-5-7-15(8-6-14)23(26)27/h3-11H,12H2,1-2H3. The second-order valence-corrected chi connectivity index (χ2v) is 6.02. The minimum absolute atomic E-state index is 0.104. The van der Waals surface area contributed by atoms with Crippen LogP contribution in [0.15, 0.2) is 59.2 Å². The molecule has 1 amide bonds. The lowest BCUT2D eigenvalue weighted by Gasteiger charge is -2.11. The molecule has 1 heterocycles. The van der Waals surface area contributed by atoms with E-state index in [0.29, 0.717) is 11.4 Å². The van der Waals surface area contributed by atoms with Crippen LogP contribution in [-0.4, -0.2) is 36.7 Å². The number of esters is 1. The van der Waals surface area contributed by atoms with Gasteiger partial charge in [0.2, 0.25) is 0 Å². The maximum absolute atomic E-state index is 13.0. The second kappa shape index (κ2) is 8.34. The summed E-state index contributed by atoms with van der Waals surface area (Å²) in [7, 11) is 2.80. The highest BCUT2D eigenvalue weighted by molar-refractivity contribution is 6.34. The van der Waals surface area contributed by atoms with Crippen molar-refractivity contribution in [1.29, 1.82) is 0 Å². The molecule has 0 saturated heterocycles. The van der Waals surface area contributed by atoms with E-state index < -0.39 is 16.8 Å². The summed E-state index contributed by atoms with van der Waals surface area (Å²) in [4.78, 5) is 35.0. The van der Waals surface area contributed by atoms with Crippen LogP contribution in [0.3, 0.4) is 0 Å². The van der Waals surface area contributed by atoms with Crippen molar-refractivity contribution in [2.24, 2.45) is 5.10 Å². The zero-order valence-corrected chi connectivity index (χ0v) is 15.7. The average molecular weight is 395 g/mol. The van der Waals surface area contributed by atoms with Crippen molar-refractivity contribution in [3.05, 3.63) is 69.8 Å². The minimum atomic E-state index is -0.539. The summed E-state index contributed by atoms with van der Waals surface area (Å²) < 4.78 is 9.81. The van der Waals surface area contributed by atoms with Gasteiger partial charge < -0.3 is 9.47 Å². The average Bonchev–Trinajstić information content (AvgIpc) is 3.03. The lowest BCUT2D eigenvalue weighted by molar-refractivity contribution is -0.384. The highest BCUT2D eigenvalue weighted by atomic mass is 16.6. The number of ether oxygens (including phenoxy) is 2. The number of carbonyl (C=O) groups excluding carboxylic acids is 2.